The molecule has 0 N–H and O–H groups in total. The molecule has 0 aliphatic rings. The third-order valence-electron chi connectivity index (χ3n) is 2.61. The van der Waals surface area contributed by atoms with E-state index in [0.717, 1.165) is 39.3 Å². The van der Waals surface area contributed by atoms with Gasteiger partial charge in [0.1, 0.15) is 0 Å². The molecule has 0 saturated carbocycles. The molecule has 0 spiro atoms. The molecule has 0 aliphatic heterocycles. The molecule has 0 radical (unpaired) electrons. The number of nitriles is 2. The van der Waals surface area contributed by atoms with E-state index in [1.165, 1.54) is 0 Å². The van der Waals surface area contributed by atoms with Gasteiger partial charge in [-0.15, -0.1) is 48.0 Å². The highest BCUT2D eigenvalue weighted by atomic mass is 35.5. The van der Waals surface area contributed by atoms with E-state index >= 15 is 0 Å². The molecule has 0 aromatic carbocycles. The van der Waals surface area contributed by atoms with Gasteiger partial charge in [0.05, 0.1) is 12.1 Å². The molecule has 0 rings (SSSR count). The van der Waals surface area contributed by atoms with Crippen LogP contribution in [0.3, 0.4) is 0 Å². The summed E-state index contributed by atoms with van der Waals surface area (Å²) in [4.78, 5) is 4.34. The van der Waals surface area contributed by atoms with Gasteiger partial charge in [0.25, 0.3) is 0 Å². The summed E-state index contributed by atoms with van der Waals surface area (Å²) in [5.41, 5.74) is 0. The summed E-state index contributed by atoms with van der Waals surface area (Å²) in [6.07, 6.45) is 1.04. The SMILES string of the molecule is Cl.Cl.N#CCCN(CCCl)CCN(CCCl)CCC#N. The Bertz CT molecular complexity index is 250. The Morgan fingerprint density at radius 1 is 0.650 bits per heavy atom. The van der Waals surface area contributed by atoms with E-state index < -0.39 is 0 Å². The highest BCUT2D eigenvalue weighted by Gasteiger charge is 2.08. The molecule has 0 aliphatic carbocycles. The minimum atomic E-state index is 0. The van der Waals surface area contributed by atoms with Gasteiger partial charge in [-0.1, -0.05) is 0 Å². The zero-order valence-electron chi connectivity index (χ0n) is 11.4. The van der Waals surface area contributed by atoms with Gasteiger partial charge in [-0.2, -0.15) is 10.5 Å². The van der Waals surface area contributed by atoms with Crippen molar-refractivity contribution in [2.75, 3.05) is 51.0 Å². The zero-order valence-corrected chi connectivity index (χ0v) is 14.6. The normalized spacial score (nSPS) is 9.50. The summed E-state index contributed by atoms with van der Waals surface area (Å²) in [7, 11) is 0. The minimum absolute atomic E-state index is 0. The van der Waals surface area contributed by atoms with E-state index in [2.05, 4.69) is 21.9 Å². The van der Waals surface area contributed by atoms with Crippen LogP contribution in [0.2, 0.25) is 0 Å². The summed E-state index contributed by atoms with van der Waals surface area (Å²) >= 11 is 11.5. The average Bonchev–Trinajstić information content (AvgIpc) is 2.38. The maximum atomic E-state index is 8.59. The first-order valence-corrected chi connectivity index (χ1v) is 7.16. The minimum Gasteiger partial charge on any atom is -0.300 e. The van der Waals surface area contributed by atoms with Crippen LogP contribution in [0.15, 0.2) is 0 Å². The molecule has 20 heavy (non-hydrogen) atoms. The largest absolute Gasteiger partial charge is 0.300 e. The Balaban J connectivity index is -0.00000144. The topological polar surface area (TPSA) is 54.1 Å². The fourth-order valence-corrected chi connectivity index (χ4v) is 2.09. The van der Waals surface area contributed by atoms with Crippen molar-refractivity contribution >= 4 is 48.0 Å². The van der Waals surface area contributed by atoms with Gasteiger partial charge in [-0.3, -0.25) is 9.80 Å². The van der Waals surface area contributed by atoms with Gasteiger partial charge in [-0.25, -0.2) is 0 Å². The van der Waals surface area contributed by atoms with Crippen LogP contribution in [0.25, 0.3) is 0 Å². The Morgan fingerprint density at radius 3 is 1.25 bits per heavy atom. The van der Waals surface area contributed by atoms with E-state index in [-0.39, 0.29) is 24.8 Å². The van der Waals surface area contributed by atoms with Gasteiger partial charge in [0.2, 0.25) is 0 Å². The second kappa shape index (κ2) is 19.1. The Labute approximate surface area is 144 Å². The highest BCUT2D eigenvalue weighted by Crippen LogP contribution is 1.97. The summed E-state index contributed by atoms with van der Waals surface area (Å²) < 4.78 is 0. The molecule has 8 heteroatoms. The number of hydrogen-bond acceptors (Lipinski definition) is 4. The van der Waals surface area contributed by atoms with E-state index in [9.17, 15) is 0 Å². The molecule has 4 nitrogen and oxygen atoms in total. The van der Waals surface area contributed by atoms with Gasteiger partial charge < -0.3 is 0 Å². The Morgan fingerprint density at radius 2 is 1.00 bits per heavy atom. The van der Waals surface area contributed by atoms with E-state index in [0.29, 0.717) is 24.6 Å². The quantitative estimate of drug-likeness (QED) is 0.529. The van der Waals surface area contributed by atoms with Crippen LogP contribution < -0.4 is 0 Å². The molecular weight excluding hydrogens is 342 g/mol. The molecule has 0 fully saturated rings. The first kappa shape index (κ1) is 25.0. The molecule has 0 bridgehead atoms. The van der Waals surface area contributed by atoms with Crippen molar-refractivity contribution in [2.24, 2.45) is 0 Å². The number of alkyl halides is 2. The fourth-order valence-electron chi connectivity index (χ4n) is 1.61. The summed E-state index contributed by atoms with van der Waals surface area (Å²) in [5, 5.41) is 17.2. The van der Waals surface area contributed by atoms with Crippen molar-refractivity contribution in [3.05, 3.63) is 0 Å². The predicted octanol–water partition coefficient (Wildman–Crippen LogP) is 2.74. The van der Waals surface area contributed by atoms with Crippen LogP contribution in [0.5, 0.6) is 0 Å². The van der Waals surface area contributed by atoms with Gasteiger partial charge >= 0.3 is 0 Å². The standard InChI is InChI=1S/C12H20Cl2N4.2ClH/c13-3-9-17(7-1-5-15)11-12-18(10-4-14)8-2-6-16;;/h1-4,7-12H2;2*1H. The molecule has 118 valence electrons. The lowest BCUT2D eigenvalue weighted by Crippen LogP contribution is -2.38. The average molecular weight is 364 g/mol. The monoisotopic (exact) mass is 362 g/mol. The molecule has 0 heterocycles. The molecule has 0 aromatic rings. The second-order valence-electron chi connectivity index (χ2n) is 3.88. The fraction of sp³-hybridized carbons (Fsp3) is 0.833. The van der Waals surface area contributed by atoms with Crippen molar-refractivity contribution in [1.82, 2.24) is 9.80 Å². The molecule has 0 unspecified atom stereocenters. The third kappa shape index (κ3) is 14.5. The molecule has 0 aromatic heterocycles. The zero-order chi connectivity index (χ0) is 13.6. The lowest BCUT2D eigenvalue weighted by atomic mass is 10.3. The smallest absolute Gasteiger partial charge is 0.0635 e. The maximum Gasteiger partial charge on any atom is 0.0635 e. The van der Waals surface area contributed by atoms with Crippen molar-refractivity contribution in [3.8, 4) is 12.1 Å². The summed E-state index contributed by atoms with van der Waals surface area (Å²) in [6, 6.07) is 4.28. The first-order valence-electron chi connectivity index (χ1n) is 6.09. The lowest BCUT2D eigenvalue weighted by Gasteiger charge is -2.25. The predicted molar refractivity (Wildman–Crippen MR) is 89.3 cm³/mol. The second-order valence-corrected chi connectivity index (χ2v) is 4.63. The Hall–Kier alpha value is 0.0600. The summed E-state index contributed by atoms with van der Waals surface area (Å²) in [5.74, 6) is 1.14. The van der Waals surface area contributed by atoms with Gasteiger partial charge in [0, 0.05) is 63.9 Å². The van der Waals surface area contributed by atoms with Crippen molar-refractivity contribution in [1.29, 1.82) is 10.5 Å². The van der Waals surface area contributed by atoms with Crippen LogP contribution >= 0.6 is 48.0 Å². The van der Waals surface area contributed by atoms with E-state index in [1.807, 2.05) is 0 Å². The van der Waals surface area contributed by atoms with Crippen LogP contribution in [0.1, 0.15) is 12.8 Å². The van der Waals surface area contributed by atoms with Crippen LogP contribution in [-0.2, 0) is 0 Å². The maximum absolute atomic E-state index is 8.59. The van der Waals surface area contributed by atoms with Crippen LogP contribution in [0.4, 0.5) is 0 Å². The van der Waals surface area contributed by atoms with Gasteiger partial charge in [0.15, 0.2) is 0 Å². The number of nitrogens with zero attached hydrogens (tertiary/aromatic N) is 4. The van der Waals surface area contributed by atoms with E-state index in [4.69, 9.17) is 33.7 Å². The molecule has 0 saturated heterocycles. The van der Waals surface area contributed by atoms with Gasteiger partial charge in [-0.05, 0) is 0 Å². The molecular formula is C12H22Cl4N4. The number of hydrogen-bond donors (Lipinski definition) is 0. The Kier molecular flexibility index (Phi) is 23.9. The van der Waals surface area contributed by atoms with Crippen molar-refractivity contribution in [2.45, 2.75) is 12.8 Å². The van der Waals surface area contributed by atoms with Crippen molar-refractivity contribution in [3.63, 3.8) is 0 Å². The van der Waals surface area contributed by atoms with Crippen LogP contribution in [-0.4, -0.2) is 60.8 Å². The third-order valence-corrected chi connectivity index (χ3v) is 2.95. The summed E-state index contributed by atoms with van der Waals surface area (Å²) in [6.45, 7) is 4.78. The number of rotatable bonds is 11. The molecule has 0 atom stereocenters. The number of halogens is 4. The van der Waals surface area contributed by atoms with Crippen molar-refractivity contribution < 1.29 is 0 Å². The highest BCUT2D eigenvalue weighted by molar-refractivity contribution is 6.18. The first-order chi connectivity index (χ1) is 8.78. The van der Waals surface area contributed by atoms with Crippen LogP contribution in [0, 0.1) is 22.7 Å². The lowest BCUT2D eigenvalue weighted by molar-refractivity contribution is 0.221. The van der Waals surface area contributed by atoms with E-state index in [1.54, 1.807) is 0 Å². The molecule has 0 amide bonds.